The molecule has 206 valence electrons. The number of tetrazole rings is 1. The molecule has 5 aliphatic rings. The number of ether oxygens (including phenoxy) is 1. The lowest BCUT2D eigenvalue weighted by molar-refractivity contribution is -0.160. The Hall–Kier alpha value is -1.80. The lowest BCUT2D eigenvalue weighted by atomic mass is 9.45. The summed E-state index contributed by atoms with van der Waals surface area (Å²) in [6, 6.07) is 9.28. The van der Waals surface area contributed by atoms with Crippen LogP contribution in [0.5, 0.6) is 0 Å². The maximum absolute atomic E-state index is 13.7. The van der Waals surface area contributed by atoms with E-state index in [1.807, 2.05) is 37.4 Å². The number of hydrogen-bond acceptors (Lipinski definition) is 6. The summed E-state index contributed by atoms with van der Waals surface area (Å²) in [5, 5.41) is 11.6. The molecule has 1 aromatic carbocycles. The van der Waals surface area contributed by atoms with Crippen LogP contribution in [-0.2, 0) is 14.6 Å². The van der Waals surface area contributed by atoms with Gasteiger partial charge in [-0.2, -0.15) is 4.68 Å². The van der Waals surface area contributed by atoms with Crippen molar-refractivity contribution in [2.24, 2.45) is 51.8 Å². The third-order valence-corrected chi connectivity index (χ3v) is 14.6. The summed E-state index contributed by atoms with van der Waals surface area (Å²) in [7, 11) is -1.70. The zero-order chi connectivity index (χ0) is 26.5. The maximum Gasteiger partial charge on any atom is 0.272 e. The highest BCUT2D eigenvalue weighted by Gasteiger charge is 2.77. The largest absolute Gasteiger partial charge is 0.381 e. The highest BCUT2D eigenvalue weighted by Crippen LogP contribution is 2.82. The molecular formula is C30H42N4O3S. The van der Waals surface area contributed by atoms with Crippen molar-refractivity contribution >= 4 is 9.84 Å². The van der Waals surface area contributed by atoms with E-state index >= 15 is 0 Å². The first-order chi connectivity index (χ1) is 18.2. The molecule has 10 atom stereocenters. The zero-order valence-electron chi connectivity index (χ0n) is 23.2. The van der Waals surface area contributed by atoms with Gasteiger partial charge in [0.15, 0.2) is 0 Å². The van der Waals surface area contributed by atoms with E-state index in [4.69, 9.17) is 4.74 Å². The number of para-hydroxylation sites is 1. The molecular weight excluding hydrogens is 496 g/mol. The van der Waals surface area contributed by atoms with Crippen LogP contribution < -0.4 is 0 Å². The van der Waals surface area contributed by atoms with Gasteiger partial charge >= 0.3 is 0 Å². The number of aromatic nitrogens is 4. The molecule has 0 amide bonds. The lowest BCUT2D eigenvalue weighted by Crippen LogP contribution is -2.57. The summed E-state index contributed by atoms with van der Waals surface area (Å²) in [5.41, 5.74) is 1.71. The molecule has 0 aliphatic heterocycles. The van der Waals surface area contributed by atoms with E-state index in [0.717, 1.165) is 18.3 Å². The molecule has 0 bridgehead atoms. The summed E-state index contributed by atoms with van der Waals surface area (Å²) in [6.07, 6.45) is 10.6. The van der Waals surface area contributed by atoms with Crippen molar-refractivity contribution < 1.29 is 13.2 Å². The van der Waals surface area contributed by atoms with Gasteiger partial charge in [0.2, 0.25) is 9.84 Å². The highest BCUT2D eigenvalue weighted by atomic mass is 32.2. The van der Waals surface area contributed by atoms with Crippen molar-refractivity contribution in [3.05, 3.63) is 30.3 Å². The van der Waals surface area contributed by atoms with Crippen molar-refractivity contribution in [1.82, 2.24) is 20.2 Å². The van der Waals surface area contributed by atoms with Crippen LogP contribution >= 0.6 is 0 Å². The van der Waals surface area contributed by atoms with Gasteiger partial charge in [-0.25, -0.2) is 8.42 Å². The quantitative estimate of drug-likeness (QED) is 0.492. The molecule has 5 fully saturated rings. The van der Waals surface area contributed by atoms with Gasteiger partial charge < -0.3 is 4.74 Å². The Bertz CT molecular complexity index is 1330. The van der Waals surface area contributed by atoms with Crippen LogP contribution in [0, 0.1) is 51.8 Å². The molecule has 0 unspecified atom stereocenters. The lowest BCUT2D eigenvalue weighted by Gasteiger charge is -2.61. The standard InChI is InChI=1S/C30H42N4O3S/c1-19(18-38(35,36)27-31-32-33-34(27)21-8-6-5-7-9-21)23-10-11-24-22-16-26(37-4)30-17-20(30)12-15-29(30,3)25(22)13-14-28(23,24)2/h5-9,19-20,22-26H,10-18H2,1-4H3/t19-,20-,22+,23-,24+,25+,26-,28-,29-,30+/m1/s1. The van der Waals surface area contributed by atoms with Crippen LogP contribution in [0.25, 0.3) is 5.69 Å². The van der Waals surface area contributed by atoms with Gasteiger partial charge in [0.25, 0.3) is 5.16 Å². The fraction of sp³-hybridized carbons (Fsp3) is 0.767. The molecule has 5 saturated carbocycles. The van der Waals surface area contributed by atoms with E-state index in [9.17, 15) is 8.42 Å². The van der Waals surface area contributed by atoms with Crippen LogP contribution in [0.4, 0.5) is 0 Å². The normalized spacial score (nSPS) is 44.1. The number of fused-ring (bicyclic) bond motifs is 4. The van der Waals surface area contributed by atoms with Gasteiger partial charge in [0.1, 0.15) is 0 Å². The van der Waals surface area contributed by atoms with E-state index in [1.54, 1.807) is 0 Å². The van der Waals surface area contributed by atoms with Crippen molar-refractivity contribution in [2.75, 3.05) is 12.9 Å². The number of benzene rings is 1. The minimum absolute atomic E-state index is 0.0485. The molecule has 5 aliphatic carbocycles. The predicted octanol–water partition coefficient (Wildman–Crippen LogP) is 5.36. The molecule has 0 radical (unpaired) electrons. The fourth-order valence-electron chi connectivity index (χ4n) is 11.2. The first-order valence-electron chi connectivity index (χ1n) is 14.7. The summed E-state index contributed by atoms with van der Waals surface area (Å²) < 4.78 is 34.9. The Kier molecular flexibility index (Phi) is 5.54. The molecule has 1 spiro atoms. The van der Waals surface area contributed by atoms with E-state index < -0.39 is 9.84 Å². The fourth-order valence-corrected chi connectivity index (χ4v) is 12.8. The number of nitrogens with zero attached hydrogens (tertiary/aromatic N) is 4. The Labute approximate surface area is 227 Å². The Balaban J connectivity index is 1.13. The van der Waals surface area contributed by atoms with Crippen LogP contribution in [0.2, 0.25) is 0 Å². The van der Waals surface area contributed by atoms with E-state index in [-0.39, 0.29) is 22.2 Å². The second-order valence-electron chi connectivity index (χ2n) is 13.9. The average molecular weight is 539 g/mol. The van der Waals surface area contributed by atoms with Gasteiger partial charge in [-0.05, 0) is 120 Å². The maximum atomic E-state index is 13.7. The Morgan fingerprint density at radius 2 is 1.87 bits per heavy atom. The van der Waals surface area contributed by atoms with Crippen LogP contribution in [0.15, 0.2) is 35.5 Å². The van der Waals surface area contributed by atoms with E-state index in [0.29, 0.717) is 40.4 Å². The SMILES string of the molecule is CO[C@@H]1C[C@H]2[C@@H]3CC[C@H]([C@H](C)CS(=O)(=O)c4nnnn4-c4ccccc4)[C@@]3(C)CC[C@@H]2[C@@]2(C)CC[C@@H]3C[C@]312. The highest BCUT2D eigenvalue weighted by molar-refractivity contribution is 7.91. The average Bonchev–Trinajstić information content (AvgIpc) is 3.19. The third-order valence-electron chi connectivity index (χ3n) is 12.8. The molecule has 7 rings (SSSR count). The van der Waals surface area contributed by atoms with Crippen LogP contribution in [0.3, 0.4) is 0 Å². The Morgan fingerprint density at radius 3 is 2.61 bits per heavy atom. The molecule has 2 aromatic rings. The van der Waals surface area contributed by atoms with Gasteiger partial charge in [-0.1, -0.05) is 44.1 Å². The third kappa shape index (κ3) is 3.22. The minimum atomic E-state index is -3.65. The molecule has 1 heterocycles. The number of hydrogen-bond donors (Lipinski definition) is 0. The van der Waals surface area contributed by atoms with Crippen molar-refractivity contribution in [3.63, 3.8) is 0 Å². The molecule has 0 N–H and O–H groups in total. The first kappa shape index (κ1) is 25.2. The number of rotatable bonds is 6. The van der Waals surface area contributed by atoms with Crippen molar-refractivity contribution in [3.8, 4) is 5.69 Å². The van der Waals surface area contributed by atoms with E-state index in [1.165, 1.54) is 49.6 Å². The van der Waals surface area contributed by atoms with Gasteiger partial charge in [-0.3, -0.25) is 0 Å². The van der Waals surface area contributed by atoms with Crippen LogP contribution in [0.1, 0.15) is 72.1 Å². The molecule has 7 nitrogen and oxygen atoms in total. The van der Waals surface area contributed by atoms with Gasteiger partial charge in [0.05, 0.1) is 17.5 Å². The summed E-state index contributed by atoms with van der Waals surface area (Å²) in [5.74, 6) is 3.59. The minimum Gasteiger partial charge on any atom is -0.381 e. The molecule has 0 saturated heterocycles. The van der Waals surface area contributed by atoms with Gasteiger partial charge in [0, 0.05) is 12.5 Å². The monoisotopic (exact) mass is 538 g/mol. The molecule has 8 heteroatoms. The predicted molar refractivity (Wildman–Crippen MR) is 144 cm³/mol. The van der Waals surface area contributed by atoms with Crippen LogP contribution in [-0.4, -0.2) is 47.6 Å². The zero-order valence-corrected chi connectivity index (χ0v) is 24.0. The van der Waals surface area contributed by atoms with Gasteiger partial charge in [-0.15, -0.1) is 0 Å². The Morgan fingerprint density at radius 1 is 1.08 bits per heavy atom. The summed E-state index contributed by atoms with van der Waals surface area (Å²) >= 11 is 0. The smallest absolute Gasteiger partial charge is 0.272 e. The van der Waals surface area contributed by atoms with E-state index in [2.05, 4.69) is 36.3 Å². The first-order valence-corrected chi connectivity index (χ1v) is 16.4. The molecule has 1 aromatic heterocycles. The number of methoxy groups -OCH3 is 1. The second kappa shape index (κ2) is 8.35. The second-order valence-corrected chi connectivity index (χ2v) is 15.9. The number of sulfone groups is 1. The summed E-state index contributed by atoms with van der Waals surface area (Å²) in [4.78, 5) is 0. The summed E-state index contributed by atoms with van der Waals surface area (Å²) in [6.45, 7) is 7.26. The topological polar surface area (TPSA) is 87.0 Å². The van der Waals surface area contributed by atoms with Crippen molar-refractivity contribution in [1.29, 1.82) is 0 Å². The van der Waals surface area contributed by atoms with Crippen molar-refractivity contribution in [2.45, 2.75) is 83.4 Å². The molecule has 38 heavy (non-hydrogen) atoms.